The van der Waals surface area contributed by atoms with E-state index in [9.17, 15) is 14.9 Å². The highest BCUT2D eigenvalue weighted by molar-refractivity contribution is 6.08. The molecule has 1 unspecified atom stereocenters. The maximum absolute atomic E-state index is 13.4. The van der Waals surface area contributed by atoms with Crippen molar-refractivity contribution in [3.05, 3.63) is 70.9 Å². The number of methoxy groups -OCH3 is 1. The molecule has 0 fully saturated rings. The number of amides is 1. The molecule has 2 aromatic rings. The maximum atomic E-state index is 13.4. The van der Waals surface area contributed by atoms with Gasteiger partial charge in [-0.3, -0.25) is 14.5 Å². The minimum atomic E-state index is -0.285. The Morgan fingerprint density at radius 3 is 2.43 bits per heavy atom. The van der Waals surface area contributed by atoms with Crippen molar-refractivity contribution in [3.63, 3.8) is 0 Å². The van der Waals surface area contributed by atoms with Gasteiger partial charge in [0.05, 0.1) is 18.4 Å². The van der Waals surface area contributed by atoms with E-state index in [2.05, 4.69) is 6.07 Å². The van der Waals surface area contributed by atoms with Crippen LogP contribution in [0.4, 0.5) is 5.69 Å². The number of ether oxygens (including phenoxy) is 1. The van der Waals surface area contributed by atoms with Gasteiger partial charge in [-0.05, 0) is 41.7 Å². The number of anilines is 1. The Labute approximate surface area is 176 Å². The fourth-order valence-electron chi connectivity index (χ4n) is 4.58. The first-order valence-electron chi connectivity index (χ1n) is 10.1. The quantitative estimate of drug-likeness (QED) is 0.747. The molecular weight excluding hydrogens is 376 g/mol. The van der Waals surface area contributed by atoms with Crippen LogP contribution in [0.1, 0.15) is 50.2 Å². The Kier molecular flexibility index (Phi) is 4.95. The highest BCUT2D eigenvalue weighted by Gasteiger charge is 2.44. The van der Waals surface area contributed by atoms with E-state index in [0.717, 1.165) is 17.0 Å². The van der Waals surface area contributed by atoms with Crippen LogP contribution in [-0.2, 0) is 9.59 Å². The molecule has 4 rings (SSSR count). The molecular formula is C25H24N2O3. The molecule has 1 aliphatic heterocycles. The molecule has 1 atom stereocenters. The van der Waals surface area contributed by atoms with Gasteiger partial charge < -0.3 is 4.74 Å². The lowest BCUT2D eigenvalue weighted by molar-refractivity contribution is -0.121. The average Bonchev–Trinajstić information content (AvgIpc) is 2.72. The number of rotatable bonds is 3. The van der Waals surface area contributed by atoms with Crippen molar-refractivity contribution >= 4 is 17.4 Å². The number of ketones is 1. The molecule has 0 spiro atoms. The Balaban J connectivity index is 1.90. The van der Waals surface area contributed by atoms with Crippen molar-refractivity contribution < 1.29 is 14.3 Å². The number of Topliss-reactive ketones (excluding diaryl/α,β-unsaturated/α-hetero) is 1. The number of nitrogens with zero attached hydrogens (tertiary/aromatic N) is 2. The van der Waals surface area contributed by atoms with E-state index in [-0.39, 0.29) is 29.4 Å². The van der Waals surface area contributed by atoms with Crippen LogP contribution in [0.2, 0.25) is 0 Å². The Morgan fingerprint density at radius 2 is 1.77 bits per heavy atom. The summed E-state index contributed by atoms with van der Waals surface area (Å²) in [6.07, 6.45) is 1.24. The van der Waals surface area contributed by atoms with E-state index in [1.165, 1.54) is 0 Å². The third-order valence-electron chi connectivity index (χ3n) is 5.93. The molecule has 0 bridgehead atoms. The zero-order valence-corrected chi connectivity index (χ0v) is 17.4. The molecule has 1 heterocycles. The normalized spacial score (nSPS) is 20.6. The number of para-hydroxylation sites is 1. The van der Waals surface area contributed by atoms with E-state index < -0.39 is 0 Å². The smallest absolute Gasteiger partial charge is 0.232 e. The van der Waals surface area contributed by atoms with Crippen LogP contribution in [0.25, 0.3) is 0 Å². The minimum absolute atomic E-state index is 0.0778. The van der Waals surface area contributed by atoms with Crippen LogP contribution in [0.15, 0.2) is 59.8 Å². The zero-order valence-electron chi connectivity index (χ0n) is 17.4. The van der Waals surface area contributed by atoms with Crippen LogP contribution in [-0.4, -0.2) is 18.8 Å². The fourth-order valence-corrected chi connectivity index (χ4v) is 4.58. The van der Waals surface area contributed by atoms with Crippen LogP contribution in [0, 0.1) is 16.7 Å². The second kappa shape index (κ2) is 7.46. The molecule has 0 aromatic heterocycles. The molecule has 0 N–H and O–H groups in total. The van der Waals surface area contributed by atoms with Crippen LogP contribution >= 0.6 is 0 Å². The number of hydrogen-bond donors (Lipinski definition) is 0. The zero-order chi connectivity index (χ0) is 21.5. The number of nitriles is 1. The van der Waals surface area contributed by atoms with E-state index in [1.807, 2.05) is 44.2 Å². The molecule has 152 valence electrons. The largest absolute Gasteiger partial charge is 0.497 e. The van der Waals surface area contributed by atoms with Gasteiger partial charge in [-0.2, -0.15) is 5.26 Å². The summed E-state index contributed by atoms with van der Waals surface area (Å²) in [7, 11) is 1.61. The number of carbonyl (C=O) groups excluding carboxylic acids is 2. The minimum Gasteiger partial charge on any atom is -0.497 e. The van der Waals surface area contributed by atoms with E-state index >= 15 is 0 Å². The van der Waals surface area contributed by atoms with Crippen molar-refractivity contribution in [2.75, 3.05) is 12.0 Å². The predicted molar refractivity (Wildman–Crippen MR) is 114 cm³/mol. The van der Waals surface area contributed by atoms with Crippen molar-refractivity contribution in [2.24, 2.45) is 5.41 Å². The first-order chi connectivity index (χ1) is 14.3. The number of benzene rings is 2. The SMILES string of the molecule is COc1ccc(C2CC(=O)N(c3ccccc3C#N)C3=C2C(=O)CC(C)(C)C3)cc1. The second-order valence-corrected chi connectivity index (χ2v) is 8.69. The van der Waals surface area contributed by atoms with Crippen LogP contribution < -0.4 is 9.64 Å². The lowest BCUT2D eigenvalue weighted by Gasteiger charge is -2.43. The molecule has 1 aliphatic carbocycles. The first kappa shape index (κ1) is 19.9. The summed E-state index contributed by atoms with van der Waals surface area (Å²) in [5.74, 6) is 0.431. The molecule has 0 saturated heterocycles. The molecule has 2 aromatic carbocycles. The summed E-state index contributed by atoms with van der Waals surface area (Å²) in [5.41, 5.74) is 3.09. The van der Waals surface area contributed by atoms with Crippen LogP contribution in [0.5, 0.6) is 5.75 Å². The van der Waals surface area contributed by atoms with Crippen molar-refractivity contribution in [3.8, 4) is 11.8 Å². The molecule has 5 heteroatoms. The second-order valence-electron chi connectivity index (χ2n) is 8.69. The molecule has 2 aliphatic rings. The highest BCUT2D eigenvalue weighted by atomic mass is 16.5. The molecule has 30 heavy (non-hydrogen) atoms. The van der Waals surface area contributed by atoms with Gasteiger partial charge in [-0.1, -0.05) is 38.1 Å². The summed E-state index contributed by atoms with van der Waals surface area (Å²) in [5, 5.41) is 9.58. The summed E-state index contributed by atoms with van der Waals surface area (Å²) in [6.45, 7) is 4.09. The van der Waals surface area contributed by atoms with Gasteiger partial charge in [-0.15, -0.1) is 0 Å². The van der Waals surface area contributed by atoms with Gasteiger partial charge in [0.2, 0.25) is 5.91 Å². The first-order valence-corrected chi connectivity index (χ1v) is 10.1. The Morgan fingerprint density at radius 1 is 1.07 bits per heavy atom. The van der Waals surface area contributed by atoms with Crippen molar-refractivity contribution in [1.82, 2.24) is 0 Å². The maximum Gasteiger partial charge on any atom is 0.232 e. The van der Waals surface area contributed by atoms with Crippen LogP contribution in [0.3, 0.4) is 0 Å². The number of carbonyl (C=O) groups is 2. The van der Waals surface area contributed by atoms with Gasteiger partial charge in [0.25, 0.3) is 0 Å². The Bertz CT molecular complexity index is 1090. The summed E-state index contributed by atoms with van der Waals surface area (Å²) < 4.78 is 5.25. The summed E-state index contributed by atoms with van der Waals surface area (Å²) >= 11 is 0. The summed E-state index contributed by atoms with van der Waals surface area (Å²) in [6, 6.07) is 16.8. The Hall–Kier alpha value is -3.39. The van der Waals surface area contributed by atoms with Crippen molar-refractivity contribution in [1.29, 1.82) is 5.26 Å². The third kappa shape index (κ3) is 3.39. The molecule has 0 saturated carbocycles. The van der Waals surface area contributed by atoms with E-state index in [4.69, 9.17) is 4.74 Å². The predicted octanol–water partition coefficient (Wildman–Crippen LogP) is 4.73. The fraction of sp³-hybridized carbons (Fsp3) is 0.320. The van der Waals surface area contributed by atoms with Gasteiger partial charge >= 0.3 is 0 Å². The van der Waals surface area contributed by atoms with E-state index in [0.29, 0.717) is 29.7 Å². The molecule has 1 amide bonds. The highest BCUT2D eigenvalue weighted by Crippen LogP contribution is 2.48. The number of hydrogen-bond acceptors (Lipinski definition) is 4. The van der Waals surface area contributed by atoms with Gasteiger partial charge in [0.1, 0.15) is 11.8 Å². The van der Waals surface area contributed by atoms with Gasteiger partial charge in [-0.25, -0.2) is 0 Å². The topological polar surface area (TPSA) is 70.4 Å². The van der Waals surface area contributed by atoms with E-state index in [1.54, 1.807) is 30.2 Å². The molecule has 5 nitrogen and oxygen atoms in total. The summed E-state index contributed by atoms with van der Waals surface area (Å²) in [4.78, 5) is 28.3. The van der Waals surface area contributed by atoms with Gasteiger partial charge in [0.15, 0.2) is 5.78 Å². The average molecular weight is 400 g/mol. The standard InChI is InChI=1S/C25H24N2O3/c1-25(2)13-21-24(22(28)14-25)19(16-8-10-18(30-3)11-9-16)12-23(29)27(21)20-7-5-4-6-17(20)15-26/h4-11,19H,12-14H2,1-3H3. The number of allylic oxidation sites excluding steroid dienone is 2. The molecule has 0 radical (unpaired) electrons. The monoisotopic (exact) mass is 400 g/mol. The van der Waals surface area contributed by atoms with Gasteiger partial charge in [0, 0.05) is 30.0 Å². The lowest BCUT2D eigenvalue weighted by Crippen LogP contribution is -2.44. The van der Waals surface area contributed by atoms with Crippen molar-refractivity contribution in [2.45, 2.75) is 39.0 Å². The lowest BCUT2D eigenvalue weighted by atomic mass is 9.69. The third-order valence-corrected chi connectivity index (χ3v) is 5.93.